The van der Waals surface area contributed by atoms with E-state index in [1.165, 1.54) is 36.4 Å². The van der Waals surface area contributed by atoms with Crippen LogP contribution in [-0.4, -0.2) is 46.1 Å². The summed E-state index contributed by atoms with van der Waals surface area (Å²) in [6, 6.07) is 13.5. The van der Waals surface area contributed by atoms with E-state index in [0.29, 0.717) is 36.5 Å². The van der Waals surface area contributed by atoms with Gasteiger partial charge in [0.2, 0.25) is 0 Å². The average molecular weight is 488 g/mol. The lowest BCUT2D eigenvalue weighted by atomic mass is 10.0. The summed E-state index contributed by atoms with van der Waals surface area (Å²) in [5.41, 5.74) is 3.90. The number of hydrogen-bond acceptors (Lipinski definition) is 6. The van der Waals surface area contributed by atoms with E-state index in [-0.39, 0.29) is 17.3 Å². The highest BCUT2D eigenvalue weighted by Gasteiger charge is 2.22. The van der Waals surface area contributed by atoms with E-state index in [2.05, 4.69) is 9.97 Å². The SMILES string of the molecule is COc1ccc(F)cc1-c1ccnc2[nH]c(C3=CCN(C(=O)Oc4ccc([N+](=O)[O-])cc4)CC3)cc12. The number of aromatic amines is 1. The molecule has 1 aliphatic heterocycles. The molecular formula is C26H21FN4O5. The monoisotopic (exact) mass is 488 g/mol. The second-order valence-corrected chi connectivity index (χ2v) is 8.19. The Hall–Kier alpha value is -4.73. The third-order valence-electron chi connectivity index (χ3n) is 6.05. The summed E-state index contributed by atoms with van der Waals surface area (Å²) >= 11 is 0. The number of hydrogen-bond donors (Lipinski definition) is 1. The first-order valence-corrected chi connectivity index (χ1v) is 11.1. The molecule has 36 heavy (non-hydrogen) atoms. The first-order valence-electron chi connectivity index (χ1n) is 11.1. The van der Waals surface area contributed by atoms with E-state index in [9.17, 15) is 19.3 Å². The first-order chi connectivity index (χ1) is 17.4. The molecule has 1 N–H and O–H groups in total. The van der Waals surface area contributed by atoms with Crippen molar-refractivity contribution < 1.29 is 23.6 Å². The highest BCUT2D eigenvalue weighted by Crippen LogP contribution is 2.36. The van der Waals surface area contributed by atoms with Gasteiger partial charge < -0.3 is 19.4 Å². The van der Waals surface area contributed by atoms with Gasteiger partial charge in [-0.2, -0.15) is 0 Å². The topological polar surface area (TPSA) is 111 Å². The van der Waals surface area contributed by atoms with Gasteiger partial charge in [0.15, 0.2) is 0 Å². The molecule has 1 aliphatic rings. The number of pyridine rings is 1. The van der Waals surface area contributed by atoms with Crippen molar-refractivity contribution in [2.24, 2.45) is 0 Å². The smallest absolute Gasteiger partial charge is 0.415 e. The van der Waals surface area contributed by atoms with Crippen LogP contribution < -0.4 is 9.47 Å². The molecule has 0 aliphatic carbocycles. The Bertz CT molecular complexity index is 1500. The minimum absolute atomic E-state index is 0.0767. The standard InChI is InChI=1S/C26H21FN4O5/c1-35-24-7-2-17(27)14-21(24)20-8-11-28-25-22(20)15-23(29-25)16-9-12-30(13-10-16)26(32)36-19-5-3-18(4-6-19)31(33)34/h2-9,11,14-15H,10,12-13H2,1H3,(H,28,29). The van der Waals surface area contributed by atoms with Crippen LogP contribution in [0.1, 0.15) is 12.1 Å². The van der Waals surface area contributed by atoms with Gasteiger partial charge in [0.05, 0.1) is 12.0 Å². The number of nitro groups is 1. The van der Waals surface area contributed by atoms with Crippen LogP contribution in [0.15, 0.2) is 66.9 Å². The third-order valence-corrected chi connectivity index (χ3v) is 6.05. The second-order valence-electron chi connectivity index (χ2n) is 8.19. The Morgan fingerprint density at radius 3 is 2.64 bits per heavy atom. The molecule has 0 saturated heterocycles. The number of H-pyrrole nitrogens is 1. The molecule has 0 saturated carbocycles. The molecule has 2 aromatic heterocycles. The van der Waals surface area contributed by atoms with Crippen molar-refractivity contribution in [3.63, 3.8) is 0 Å². The van der Waals surface area contributed by atoms with E-state index < -0.39 is 11.0 Å². The maximum Gasteiger partial charge on any atom is 0.415 e. The Labute approximate surface area is 204 Å². The average Bonchev–Trinajstić information content (AvgIpc) is 3.34. The number of rotatable bonds is 5. The largest absolute Gasteiger partial charge is 0.496 e. The van der Waals surface area contributed by atoms with E-state index in [0.717, 1.165) is 22.2 Å². The highest BCUT2D eigenvalue weighted by molar-refractivity contribution is 5.96. The molecule has 3 heterocycles. The summed E-state index contributed by atoms with van der Waals surface area (Å²) in [5.74, 6) is 0.440. The Morgan fingerprint density at radius 2 is 1.94 bits per heavy atom. The van der Waals surface area contributed by atoms with Gasteiger partial charge in [-0.15, -0.1) is 0 Å². The first kappa shape index (κ1) is 23.0. The lowest BCUT2D eigenvalue weighted by Gasteiger charge is -2.25. The fourth-order valence-corrected chi connectivity index (χ4v) is 4.21. The third kappa shape index (κ3) is 4.48. The van der Waals surface area contributed by atoms with Crippen LogP contribution in [0.25, 0.3) is 27.7 Å². The number of methoxy groups -OCH3 is 1. The lowest BCUT2D eigenvalue weighted by molar-refractivity contribution is -0.384. The minimum atomic E-state index is -0.530. The Balaban J connectivity index is 1.34. The van der Waals surface area contributed by atoms with Gasteiger partial charge in [0, 0.05) is 48.1 Å². The van der Waals surface area contributed by atoms with Crippen LogP contribution in [0, 0.1) is 15.9 Å². The number of benzene rings is 2. The summed E-state index contributed by atoms with van der Waals surface area (Å²) in [6.07, 6.45) is 3.65. The van der Waals surface area contributed by atoms with E-state index in [1.807, 2.05) is 18.2 Å². The zero-order valence-corrected chi connectivity index (χ0v) is 19.2. The summed E-state index contributed by atoms with van der Waals surface area (Å²) in [7, 11) is 1.54. The van der Waals surface area contributed by atoms with Crippen LogP contribution in [0.4, 0.5) is 14.9 Å². The summed E-state index contributed by atoms with van der Waals surface area (Å²) in [5, 5.41) is 11.6. The van der Waals surface area contributed by atoms with Crippen LogP contribution in [0.2, 0.25) is 0 Å². The fraction of sp³-hybridized carbons (Fsp3) is 0.154. The molecule has 1 amide bonds. The van der Waals surface area contributed by atoms with Crippen LogP contribution in [0.5, 0.6) is 11.5 Å². The number of nitrogens with one attached hydrogen (secondary N) is 1. The molecule has 10 heteroatoms. The van der Waals surface area contributed by atoms with Crippen molar-refractivity contribution >= 4 is 28.4 Å². The molecule has 2 aromatic carbocycles. The fourth-order valence-electron chi connectivity index (χ4n) is 4.21. The van der Waals surface area contributed by atoms with Gasteiger partial charge in [-0.05, 0) is 60.0 Å². The molecule has 0 spiro atoms. The zero-order chi connectivity index (χ0) is 25.2. The highest BCUT2D eigenvalue weighted by atomic mass is 19.1. The number of amides is 1. The lowest BCUT2D eigenvalue weighted by Crippen LogP contribution is -2.36. The van der Waals surface area contributed by atoms with Gasteiger partial charge in [-0.25, -0.2) is 14.2 Å². The zero-order valence-electron chi connectivity index (χ0n) is 19.2. The van der Waals surface area contributed by atoms with Crippen LogP contribution in [-0.2, 0) is 0 Å². The van der Waals surface area contributed by atoms with Gasteiger partial charge in [0.25, 0.3) is 5.69 Å². The Kier molecular flexibility index (Phi) is 6.07. The number of carbonyl (C=O) groups excluding carboxylic acids is 1. The predicted octanol–water partition coefficient (Wildman–Crippen LogP) is 5.57. The van der Waals surface area contributed by atoms with Crippen molar-refractivity contribution in [2.45, 2.75) is 6.42 Å². The molecule has 0 radical (unpaired) electrons. The number of carbonyl (C=O) groups is 1. The van der Waals surface area contributed by atoms with Crippen LogP contribution in [0.3, 0.4) is 0 Å². The van der Waals surface area contributed by atoms with Crippen molar-refractivity contribution in [3.8, 4) is 22.6 Å². The number of non-ortho nitro benzene ring substituents is 1. The summed E-state index contributed by atoms with van der Waals surface area (Å²) < 4.78 is 24.8. The molecule has 0 unspecified atom stereocenters. The number of nitrogens with zero attached hydrogens (tertiary/aromatic N) is 3. The summed E-state index contributed by atoms with van der Waals surface area (Å²) in [4.78, 5) is 32.1. The van der Waals surface area contributed by atoms with Crippen molar-refractivity contribution in [3.05, 3.63) is 88.5 Å². The maximum atomic E-state index is 14.0. The minimum Gasteiger partial charge on any atom is -0.496 e. The molecule has 0 bridgehead atoms. The number of ether oxygens (including phenoxy) is 2. The molecule has 9 nitrogen and oxygen atoms in total. The van der Waals surface area contributed by atoms with Gasteiger partial charge >= 0.3 is 6.09 Å². The number of nitro benzene ring substituents is 1. The number of aromatic nitrogens is 2. The number of fused-ring (bicyclic) bond motifs is 1. The van der Waals surface area contributed by atoms with Crippen LogP contribution >= 0.6 is 0 Å². The molecule has 0 atom stereocenters. The van der Waals surface area contributed by atoms with Crippen molar-refractivity contribution in [1.82, 2.24) is 14.9 Å². The molecular weight excluding hydrogens is 467 g/mol. The van der Waals surface area contributed by atoms with Gasteiger partial charge in [-0.3, -0.25) is 10.1 Å². The maximum absolute atomic E-state index is 14.0. The van der Waals surface area contributed by atoms with E-state index in [1.54, 1.807) is 24.3 Å². The Morgan fingerprint density at radius 1 is 1.14 bits per heavy atom. The second kappa shape index (κ2) is 9.49. The van der Waals surface area contributed by atoms with Gasteiger partial charge in [-0.1, -0.05) is 6.08 Å². The van der Waals surface area contributed by atoms with Crippen molar-refractivity contribution in [1.29, 1.82) is 0 Å². The normalized spacial score (nSPS) is 13.4. The molecule has 5 rings (SSSR count). The number of halogens is 1. The van der Waals surface area contributed by atoms with E-state index in [4.69, 9.17) is 9.47 Å². The van der Waals surface area contributed by atoms with Crippen molar-refractivity contribution in [2.75, 3.05) is 20.2 Å². The molecule has 182 valence electrons. The van der Waals surface area contributed by atoms with Gasteiger partial charge in [0.1, 0.15) is 23.0 Å². The quantitative estimate of drug-likeness (QED) is 0.290. The predicted molar refractivity (Wildman–Crippen MR) is 131 cm³/mol. The summed E-state index contributed by atoms with van der Waals surface area (Å²) in [6.45, 7) is 0.777. The molecule has 0 fully saturated rings. The molecule has 4 aromatic rings. The van der Waals surface area contributed by atoms with E-state index >= 15 is 0 Å².